The Balaban J connectivity index is 1.57. The van der Waals surface area contributed by atoms with Gasteiger partial charge in [-0.05, 0) is 88.2 Å². The number of carbonyl (C=O) groups is 2. The molecule has 4 rings (SSSR count). The van der Waals surface area contributed by atoms with Gasteiger partial charge in [0.15, 0.2) is 0 Å². The van der Waals surface area contributed by atoms with Gasteiger partial charge < -0.3 is 30.1 Å². The van der Waals surface area contributed by atoms with Crippen LogP contribution in [0.1, 0.15) is 61.5 Å². The van der Waals surface area contributed by atoms with Gasteiger partial charge in [-0.3, -0.25) is 9.69 Å². The molecule has 0 radical (unpaired) electrons. The molecule has 0 aromatic heterocycles. The number of alkyl halides is 3. The van der Waals surface area contributed by atoms with Gasteiger partial charge in [-0.25, -0.2) is 4.79 Å². The Hall–Kier alpha value is -4.13. The number of nitrogens with one attached hydrogen (secondary N) is 2. The van der Waals surface area contributed by atoms with Crippen LogP contribution in [0.5, 0.6) is 5.75 Å². The number of aliphatic hydroxyl groups is 1. The highest BCUT2D eigenvalue weighted by Crippen LogP contribution is 2.31. The lowest BCUT2D eigenvalue weighted by atomic mass is 10.0. The number of ether oxygens (including phenoxy) is 2. The van der Waals surface area contributed by atoms with Crippen molar-refractivity contribution in [1.29, 1.82) is 0 Å². The van der Waals surface area contributed by atoms with E-state index in [9.17, 15) is 27.9 Å². The molecule has 1 aliphatic heterocycles. The Bertz CT molecular complexity index is 1510. The van der Waals surface area contributed by atoms with E-state index in [0.717, 1.165) is 50.1 Å². The lowest BCUT2D eigenvalue weighted by molar-refractivity contribution is -0.137. The van der Waals surface area contributed by atoms with E-state index in [0.29, 0.717) is 25.4 Å². The fourth-order valence-electron chi connectivity index (χ4n) is 5.77. The molecule has 0 unspecified atom stereocenters. The number of hydrogen-bond donors (Lipinski definition) is 3. The normalized spacial score (nSPS) is 20.1. The van der Waals surface area contributed by atoms with Crippen LogP contribution in [0.25, 0.3) is 0 Å². The summed E-state index contributed by atoms with van der Waals surface area (Å²) in [5, 5.41) is 15.4. The molecule has 3 aromatic rings. The van der Waals surface area contributed by atoms with Crippen molar-refractivity contribution in [2.45, 2.75) is 71.0 Å². The highest BCUT2D eigenvalue weighted by atomic mass is 19.4. The summed E-state index contributed by atoms with van der Waals surface area (Å²) < 4.78 is 51.5. The summed E-state index contributed by atoms with van der Waals surface area (Å²) in [6, 6.07) is 17.8. The van der Waals surface area contributed by atoms with Gasteiger partial charge in [0.05, 0.1) is 36.0 Å². The molecule has 0 saturated heterocycles. The average Bonchev–Trinajstić information content (AvgIpc) is 3.06. The van der Waals surface area contributed by atoms with Crippen LogP contribution in [0, 0.1) is 5.92 Å². The van der Waals surface area contributed by atoms with E-state index in [1.165, 1.54) is 11.6 Å². The van der Waals surface area contributed by atoms with Crippen molar-refractivity contribution in [2.24, 2.45) is 5.92 Å². The third kappa shape index (κ3) is 11.2. The third-order valence-corrected chi connectivity index (χ3v) is 8.57. The molecule has 0 fully saturated rings. The van der Waals surface area contributed by atoms with E-state index in [4.69, 9.17) is 9.47 Å². The summed E-state index contributed by atoms with van der Waals surface area (Å²) in [5.41, 5.74) is 1.02. The minimum absolute atomic E-state index is 0.0989. The van der Waals surface area contributed by atoms with Gasteiger partial charge in [0, 0.05) is 43.5 Å². The Morgan fingerprint density at radius 1 is 1.02 bits per heavy atom. The summed E-state index contributed by atoms with van der Waals surface area (Å²) in [7, 11) is 2.05. The SMILES string of the molecule is C[C@@H]1CCCCO[C@H](CN(C)Cc2ccccc2)[C@@H](C)CN([C@H](C)CO)C(=O)c2cc(NC(=O)Nc3ccc(C(F)(F)F)cc3)ccc2O1. The minimum atomic E-state index is -4.49. The van der Waals surface area contributed by atoms with Gasteiger partial charge in [0.25, 0.3) is 5.91 Å². The van der Waals surface area contributed by atoms with Crippen molar-refractivity contribution in [3.63, 3.8) is 0 Å². The predicted octanol–water partition coefficient (Wildman–Crippen LogP) is 7.28. The largest absolute Gasteiger partial charge is 0.490 e. The first kappa shape index (κ1) is 37.7. The van der Waals surface area contributed by atoms with E-state index in [-0.39, 0.29) is 47.6 Å². The topological polar surface area (TPSA) is 103 Å². The minimum Gasteiger partial charge on any atom is -0.490 e. The van der Waals surface area contributed by atoms with Crippen molar-refractivity contribution >= 4 is 23.3 Å². The Kier molecular flexibility index (Phi) is 13.5. The van der Waals surface area contributed by atoms with Gasteiger partial charge in [-0.1, -0.05) is 37.3 Å². The molecule has 3 N–H and O–H groups in total. The highest BCUT2D eigenvalue weighted by molar-refractivity contribution is 6.02. The molecule has 12 heteroatoms. The number of aliphatic hydroxyl groups excluding tert-OH is 1. The van der Waals surface area contributed by atoms with Crippen LogP contribution in [-0.2, 0) is 17.5 Å². The lowest BCUT2D eigenvalue weighted by Crippen LogP contribution is -2.47. The zero-order chi connectivity index (χ0) is 35.6. The molecule has 3 aromatic carbocycles. The summed E-state index contributed by atoms with van der Waals surface area (Å²) in [5.74, 6) is -0.129. The van der Waals surface area contributed by atoms with Crippen LogP contribution in [0.4, 0.5) is 29.3 Å². The van der Waals surface area contributed by atoms with Gasteiger partial charge in [0.1, 0.15) is 5.75 Å². The number of amides is 3. The van der Waals surface area contributed by atoms with Crippen molar-refractivity contribution in [2.75, 3.05) is 44.0 Å². The zero-order valence-corrected chi connectivity index (χ0v) is 28.5. The second-order valence-electron chi connectivity index (χ2n) is 12.8. The number of benzene rings is 3. The van der Waals surface area contributed by atoms with Gasteiger partial charge in [-0.2, -0.15) is 13.2 Å². The van der Waals surface area contributed by atoms with E-state index < -0.39 is 23.8 Å². The molecular formula is C37H47F3N4O5. The number of carbonyl (C=O) groups excluding carboxylic acids is 2. The fraction of sp³-hybridized carbons (Fsp3) is 0.459. The number of hydrogen-bond acceptors (Lipinski definition) is 6. The number of fused-ring (bicyclic) bond motifs is 1. The number of anilines is 2. The van der Waals surface area contributed by atoms with E-state index in [2.05, 4.69) is 27.7 Å². The molecule has 0 aliphatic carbocycles. The lowest BCUT2D eigenvalue weighted by Gasteiger charge is -2.36. The number of urea groups is 1. The van der Waals surface area contributed by atoms with Crippen molar-refractivity contribution in [3.05, 3.63) is 89.5 Å². The number of rotatable bonds is 8. The first-order valence-corrected chi connectivity index (χ1v) is 16.7. The second-order valence-corrected chi connectivity index (χ2v) is 12.8. The number of nitrogens with zero attached hydrogens (tertiary/aromatic N) is 2. The molecule has 0 saturated carbocycles. The molecular weight excluding hydrogens is 637 g/mol. The van der Waals surface area contributed by atoms with Crippen LogP contribution in [0.2, 0.25) is 0 Å². The molecule has 0 spiro atoms. The molecule has 9 nitrogen and oxygen atoms in total. The smallest absolute Gasteiger partial charge is 0.416 e. The van der Waals surface area contributed by atoms with Crippen LogP contribution in [0.15, 0.2) is 72.8 Å². The quantitative estimate of drug-likeness (QED) is 0.231. The van der Waals surface area contributed by atoms with Crippen LogP contribution in [0.3, 0.4) is 0 Å². The monoisotopic (exact) mass is 684 g/mol. The maximum Gasteiger partial charge on any atom is 0.416 e. The standard InChI is InChI=1S/C37H47F3N4O5/c1-25-21-44(26(2)24-45)35(46)32-20-31(42-36(47)41-30-15-13-29(14-16-30)37(38,39)40)17-18-33(32)49-27(3)10-8-9-19-48-34(25)23-43(4)22-28-11-6-5-7-12-28/h5-7,11-18,20,25-27,34,45H,8-10,19,21-24H2,1-4H3,(H2,41,42,47)/t25-,26+,27+,34+/m0/s1. The maximum atomic E-state index is 14.3. The molecule has 3 amide bonds. The first-order chi connectivity index (χ1) is 23.3. The molecule has 4 atom stereocenters. The average molecular weight is 685 g/mol. The Morgan fingerprint density at radius 2 is 1.69 bits per heavy atom. The van der Waals surface area contributed by atoms with Crippen molar-refractivity contribution in [3.8, 4) is 5.75 Å². The van der Waals surface area contributed by atoms with Crippen molar-refractivity contribution in [1.82, 2.24) is 9.80 Å². The highest BCUT2D eigenvalue weighted by Gasteiger charge is 2.31. The van der Waals surface area contributed by atoms with Crippen LogP contribution >= 0.6 is 0 Å². The molecule has 1 heterocycles. The predicted molar refractivity (Wildman–Crippen MR) is 184 cm³/mol. The Labute approximate surface area is 286 Å². The fourth-order valence-corrected chi connectivity index (χ4v) is 5.77. The van der Waals surface area contributed by atoms with E-state index >= 15 is 0 Å². The Morgan fingerprint density at radius 3 is 2.37 bits per heavy atom. The maximum absolute atomic E-state index is 14.3. The zero-order valence-electron chi connectivity index (χ0n) is 28.5. The van der Waals surface area contributed by atoms with Crippen LogP contribution in [-0.4, -0.2) is 78.4 Å². The molecule has 49 heavy (non-hydrogen) atoms. The summed E-state index contributed by atoms with van der Waals surface area (Å²) in [6.45, 7) is 7.74. The van der Waals surface area contributed by atoms with Gasteiger partial charge in [0.2, 0.25) is 0 Å². The van der Waals surface area contributed by atoms with Crippen LogP contribution < -0.4 is 15.4 Å². The van der Waals surface area contributed by atoms with Crippen molar-refractivity contribution < 1.29 is 37.3 Å². The molecule has 1 aliphatic rings. The summed E-state index contributed by atoms with van der Waals surface area (Å²) >= 11 is 0. The summed E-state index contributed by atoms with van der Waals surface area (Å²) in [4.78, 5) is 31.0. The summed E-state index contributed by atoms with van der Waals surface area (Å²) in [6.07, 6.45) is -2.45. The second kappa shape index (κ2) is 17.5. The van der Waals surface area contributed by atoms with E-state index in [1.54, 1.807) is 24.0 Å². The molecule has 266 valence electrons. The van der Waals surface area contributed by atoms with Gasteiger partial charge >= 0.3 is 12.2 Å². The third-order valence-electron chi connectivity index (χ3n) is 8.57. The first-order valence-electron chi connectivity index (χ1n) is 16.7. The van der Waals surface area contributed by atoms with E-state index in [1.807, 2.05) is 39.1 Å². The number of likely N-dealkylation sites (N-methyl/N-ethyl adjacent to an activating group) is 1. The molecule has 0 bridgehead atoms. The number of halogens is 3. The van der Waals surface area contributed by atoms with Gasteiger partial charge in [-0.15, -0.1) is 0 Å².